The molecule has 0 bridgehead atoms. The van der Waals surface area contributed by atoms with Gasteiger partial charge in [-0.25, -0.2) is 5.43 Å². The number of nitrogens with zero attached hydrogens (tertiary/aromatic N) is 3. The van der Waals surface area contributed by atoms with Crippen molar-refractivity contribution in [2.45, 2.75) is 0 Å². The monoisotopic (exact) mass is 324 g/mol. The zero-order chi connectivity index (χ0) is 17.4. The van der Waals surface area contributed by atoms with Crippen molar-refractivity contribution in [3.8, 4) is 11.8 Å². The fourth-order valence-corrected chi connectivity index (χ4v) is 1.70. The predicted molar refractivity (Wildman–Crippen MR) is 85.5 cm³/mol. The van der Waals surface area contributed by atoms with Crippen molar-refractivity contribution in [3.05, 3.63) is 69.8 Å². The van der Waals surface area contributed by atoms with Crippen molar-refractivity contribution in [3.63, 3.8) is 0 Å². The fourth-order valence-electron chi connectivity index (χ4n) is 1.70. The fraction of sp³-hybridized carbons (Fsp3) is 0.0625. The van der Waals surface area contributed by atoms with Crippen LogP contribution in [-0.2, 0) is 4.79 Å². The second-order valence-corrected chi connectivity index (χ2v) is 4.57. The van der Waals surface area contributed by atoms with E-state index in [4.69, 9.17) is 10.00 Å². The summed E-state index contributed by atoms with van der Waals surface area (Å²) in [5, 5.41) is 23.0. The molecule has 0 atom stereocenters. The molecule has 0 radical (unpaired) electrons. The van der Waals surface area contributed by atoms with E-state index in [9.17, 15) is 14.9 Å². The molecule has 2 aromatic rings. The van der Waals surface area contributed by atoms with Crippen LogP contribution in [0, 0.1) is 21.4 Å². The van der Waals surface area contributed by atoms with Crippen LogP contribution in [0.25, 0.3) is 0 Å². The van der Waals surface area contributed by atoms with Crippen LogP contribution in [0.4, 0.5) is 5.69 Å². The molecule has 2 rings (SSSR count). The topological polar surface area (TPSA) is 118 Å². The van der Waals surface area contributed by atoms with Gasteiger partial charge in [-0.3, -0.25) is 14.9 Å². The van der Waals surface area contributed by atoms with Gasteiger partial charge in [0.15, 0.2) is 6.61 Å². The third-order valence-corrected chi connectivity index (χ3v) is 2.84. The molecule has 1 N–H and O–H groups in total. The Labute approximate surface area is 137 Å². The summed E-state index contributed by atoms with van der Waals surface area (Å²) in [6, 6.07) is 14.1. The van der Waals surface area contributed by atoms with Crippen LogP contribution in [0.15, 0.2) is 53.6 Å². The minimum Gasteiger partial charge on any atom is -0.484 e. The average Bonchev–Trinajstić information content (AvgIpc) is 2.60. The number of rotatable bonds is 6. The van der Waals surface area contributed by atoms with Crippen LogP contribution in [-0.4, -0.2) is 23.7 Å². The Kier molecular flexibility index (Phi) is 5.58. The highest BCUT2D eigenvalue weighted by molar-refractivity contribution is 5.83. The number of ether oxygens (including phenoxy) is 1. The lowest BCUT2D eigenvalue weighted by molar-refractivity contribution is -0.384. The second kappa shape index (κ2) is 8.05. The van der Waals surface area contributed by atoms with Gasteiger partial charge in [0.25, 0.3) is 11.6 Å². The van der Waals surface area contributed by atoms with Crippen LogP contribution in [0.1, 0.15) is 11.1 Å². The van der Waals surface area contributed by atoms with Gasteiger partial charge < -0.3 is 4.74 Å². The van der Waals surface area contributed by atoms with Gasteiger partial charge >= 0.3 is 0 Å². The molecule has 0 saturated carbocycles. The lowest BCUT2D eigenvalue weighted by atomic mass is 10.2. The Balaban J connectivity index is 1.83. The normalized spacial score (nSPS) is 10.1. The summed E-state index contributed by atoms with van der Waals surface area (Å²) in [5.41, 5.74) is 3.17. The molecule has 0 aromatic heterocycles. The first kappa shape index (κ1) is 16.6. The molecule has 0 fully saturated rings. The Morgan fingerprint density at radius 3 is 2.75 bits per heavy atom. The van der Waals surface area contributed by atoms with Crippen LogP contribution >= 0.6 is 0 Å². The SMILES string of the molecule is N#Cc1ccc(OCC(=O)N/N=C\c2cccc([N+](=O)[O-])c2)cc1. The van der Waals surface area contributed by atoms with E-state index in [1.54, 1.807) is 30.3 Å². The maximum Gasteiger partial charge on any atom is 0.277 e. The van der Waals surface area contributed by atoms with Gasteiger partial charge in [0.1, 0.15) is 5.75 Å². The van der Waals surface area contributed by atoms with E-state index in [1.165, 1.54) is 24.4 Å². The summed E-state index contributed by atoms with van der Waals surface area (Å²) in [6.07, 6.45) is 1.30. The molecule has 1 amide bonds. The third-order valence-electron chi connectivity index (χ3n) is 2.84. The molecule has 0 aliphatic carbocycles. The number of carbonyl (C=O) groups is 1. The van der Waals surface area contributed by atoms with Gasteiger partial charge in [-0.15, -0.1) is 0 Å². The summed E-state index contributed by atoms with van der Waals surface area (Å²) in [5.74, 6) is -0.0344. The summed E-state index contributed by atoms with van der Waals surface area (Å²) in [6.45, 7) is -0.252. The molecule has 8 heteroatoms. The van der Waals surface area contributed by atoms with Crippen LogP contribution in [0.5, 0.6) is 5.75 Å². The Bertz CT molecular complexity index is 810. The number of nitriles is 1. The number of hydrogen-bond acceptors (Lipinski definition) is 6. The predicted octanol–water partition coefficient (Wildman–Crippen LogP) is 2.00. The first-order valence-electron chi connectivity index (χ1n) is 6.78. The van der Waals surface area contributed by atoms with Gasteiger partial charge in [0.05, 0.1) is 22.8 Å². The third kappa shape index (κ3) is 4.92. The van der Waals surface area contributed by atoms with E-state index < -0.39 is 10.8 Å². The number of hydrazone groups is 1. The zero-order valence-electron chi connectivity index (χ0n) is 12.4. The quantitative estimate of drug-likeness (QED) is 0.495. The number of nitro benzene ring substituents is 1. The number of non-ortho nitro benzene ring substituents is 1. The van der Waals surface area contributed by atoms with E-state index in [0.29, 0.717) is 16.9 Å². The molecule has 0 saturated heterocycles. The smallest absolute Gasteiger partial charge is 0.277 e. The number of benzene rings is 2. The first-order chi connectivity index (χ1) is 11.6. The van der Waals surface area contributed by atoms with Crippen LogP contribution in [0.3, 0.4) is 0 Å². The molecule has 8 nitrogen and oxygen atoms in total. The number of hydrogen-bond donors (Lipinski definition) is 1. The van der Waals surface area contributed by atoms with Crippen molar-refractivity contribution in [1.29, 1.82) is 5.26 Å². The summed E-state index contributed by atoms with van der Waals surface area (Å²) in [4.78, 5) is 21.7. The molecule has 0 heterocycles. The highest BCUT2D eigenvalue weighted by Crippen LogP contribution is 2.12. The molecule has 0 unspecified atom stereocenters. The highest BCUT2D eigenvalue weighted by Gasteiger charge is 2.04. The lowest BCUT2D eigenvalue weighted by Gasteiger charge is -2.04. The van der Waals surface area contributed by atoms with Gasteiger partial charge in [-0.1, -0.05) is 12.1 Å². The Morgan fingerprint density at radius 2 is 2.08 bits per heavy atom. The van der Waals surface area contributed by atoms with Crippen LogP contribution in [0.2, 0.25) is 0 Å². The standard InChI is InChI=1S/C16H12N4O4/c17-9-12-4-6-15(7-5-12)24-11-16(21)19-18-10-13-2-1-3-14(8-13)20(22)23/h1-8,10H,11H2,(H,19,21)/b18-10-. The average molecular weight is 324 g/mol. The van der Waals surface area contributed by atoms with E-state index in [-0.39, 0.29) is 12.3 Å². The molecule has 0 aliphatic rings. The number of nitrogens with one attached hydrogen (secondary N) is 1. The highest BCUT2D eigenvalue weighted by atomic mass is 16.6. The molecule has 0 aliphatic heterocycles. The van der Waals surface area contributed by atoms with E-state index in [0.717, 1.165) is 0 Å². The van der Waals surface area contributed by atoms with Gasteiger partial charge in [-0.2, -0.15) is 10.4 Å². The molecular weight excluding hydrogens is 312 g/mol. The van der Waals surface area contributed by atoms with Crippen LogP contribution < -0.4 is 10.2 Å². The van der Waals surface area contributed by atoms with E-state index in [1.807, 2.05) is 6.07 Å². The molecule has 2 aromatic carbocycles. The first-order valence-corrected chi connectivity index (χ1v) is 6.78. The Hall–Kier alpha value is -3.73. The Morgan fingerprint density at radius 1 is 1.33 bits per heavy atom. The van der Waals surface area contributed by atoms with Crippen molar-refractivity contribution in [2.75, 3.05) is 6.61 Å². The number of nitro groups is 1. The minimum absolute atomic E-state index is 0.0607. The number of carbonyl (C=O) groups excluding carboxylic acids is 1. The molecule has 120 valence electrons. The maximum absolute atomic E-state index is 11.6. The van der Waals surface area contributed by atoms with E-state index in [2.05, 4.69) is 10.5 Å². The van der Waals surface area contributed by atoms with Crippen molar-refractivity contribution in [2.24, 2.45) is 5.10 Å². The largest absolute Gasteiger partial charge is 0.484 e. The molecule has 24 heavy (non-hydrogen) atoms. The van der Waals surface area contributed by atoms with Crippen molar-refractivity contribution < 1.29 is 14.5 Å². The lowest BCUT2D eigenvalue weighted by Crippen LogP contribution is -2.24. The van der Waals surface area contributed by atoms with Gasteiger partial charge in [-0.05, 0) is 24.3 Å². The molecular formula is C16H12N4O4. The van der Waals surface area contributed by atoms with E-state index >= 15 is 0 Å². The summed E-state index contributed by atoms with van der Waals surface area (Å²) in [7, 11) is 0. The number of amides is 1. The van der Waals surface area contributed by atoms with Gasteiger partial charge in [0.2, 0.25) is 0 Å². The van der Waals surface area contributed by atoms with Crippen molar-refractivity contribution >= 4 is 17.8 Å². The van der Waals surface area contributed by atoms with Gasteiger partial charge in [0, 0.05) is 17.7 Å². The zero-order valence-corrected chi connectivity index (χ0v) is 12.4. The summed E-state index contributed by atoms with van der Waals surface area (Å²) < 4.78 is 5.24. The van der Waals surface area contributed by atoms with Crippen molar-refractivity contribution in [1.82, 2.24) is 5.43 Å². The minimum atomic E-state index is -0.513. The maximum atomic E-state index is 11.6. The molecule has 0 spiro atoms. The second-order valence-electron chi connectivity index (χ2n) is 4.57. The summed E-state index contributed by atoms with van der Waals surface area (Å²) >= 11 is 0.